The second-order valence-electron chi connectivity index (χ2n) is 4.22. The fourth-order valence-corrected chi connectivity index (χ4v) is 1.31. The first-order chi connectivity index (χ1) is 11.8. The van der Waals surface area contributed by atoms with Gasteiger partial charge in [0.05, 0.1) is 13.2 Å². The van der Waals surface area contributed by atoms with Gasteiger partial charge in [0.2, 0.25) is 0 Å². The lowest BCUT2D eigenvalue weighted by Gasteiger charge is -2.03. The van der Waals surface area contributed by atoms with Crippen molar-refractivity contribution in [2.24, 2.45) is 0 Å². The molecule has 0 saturated heterocycles. The van der Waals surface area contributed by atoms with Gasteiger partial charge >= 0.3 is 0 Å². The number of phenols is 1. The third-order valence-electron chi connectivity index (χ3n) is 2.13. The van der Waals surface area contributed by atoms with Crippen molar-refractivity contribution >= 4 is 15.9 Å². The summed E-state index contributed by atoms with van der Waals surface area (Å²) in [6, 6.07) is 5.23. The maximum atomic E-state index is 12.5. The monoisotopic (exact) mass is 428 g/mol. The number of phenolic OH excluding ortho intramolecular Hbond substituents is 1. The van der Waals surface area contributed by atoms with E-state index in [4.69, 9.17) is 20.1 Å². The Morgan fingerprint density at radius 3 is 1.48 bits per heavy atom. The molecule has 4 nitrogen and oxygen atoms in total. The van der Waals surface area contributed by atoms with E-state index < -0.39 is 29.0 Å². The Morgan fingerprint density at radius 2 is 1.16 bits per heavy atom. The van der Waals surface area contributed by atoms with E-state index in [9.17, 15) is 17.6 Å². The molecule has 0 atom stereocenters. The van der Waals surface area contributed by atoms with Crippen molar-refractivity contribution in [3.63, 3.8) is 0 Å². The molecule has 0 aromatic heterocycles. The first-order valence-electron chi connectivity index (χ1n) is 6.84. The quantitative estimate of drug-likeness (QED) is 0.515. The maximum absolute atomic E-state index is 12.5. The normalized spacial score (nSPS) is 9.40. The van der Waals surface area contributed by atoms with Crippen LogP contribution < -0.4 is 4.74 Å². The van der Waals surface area contributed by atoms with Crippen molar-refractivity contribution in [2.75, 3.05) is 25.2 Å². The Bertz CT molecular complexity index is 556. The molecule has 3 N–H and O–H groups in total. The molecule has 2 rings (SSSR count). The summed E-state index contributed by atoms with van der Waals surface area (Å²) in [5, 5.41) is 25.4. The number of aliphatic hydroxyl groups excluding tert-OH is 2. The molecule has 0 heterocycles. The molecular weight excluding hydrogens is 412 g/mol. The average molecular weight is 429 g/mol. The van der Waals surface area contributed by atoms with Crippen molar-refractivity contribution in [1.82, 2.24) is 0 Å². The highest BCUT2D eigenvalue weighted by atomic mass is 79.9. The summed E-state index contributed by atoms with van der Waals surface area (Å²) in [4.78, 5) is 0. The second kappa shape index (κ2) is 13.5. The number of aliphatic hydroxyl groups is 2. The lowest BCUT2D eigenvalue weighted by Crippen LogP contribution is -2.02. The summed E-state index contributed by atoms with van der Waals surface area (Å²) in [5.41, 5.74) is 0. The summed E-state index contributed by atoms with van der Waals surface area (Å²) in [6.45, 7) is 0.0844. The molecule has 0 spiro atoms. The summed E-state index contributed by atoms with van der Waals surface area (Å²) >= 11 is 3.00. The Kier molecular flexibility index (Phi) is 12.5. The smallest absolute Gasteiger partial charge is 0.129 e. The minimum absolute atomic E-state index is 0.0306. The van der Waals surface area contributed by atoms with Crippen molar-refractivity contribution in [3.05, 3.63) is 59.7 Å². The van der Waals surface area contributed by atoms with Crippen molar-refractivity contribution < 1.29 is 37.6 Å². The van der Waals surface area contributed by atoms with Gasteiger partial charge in [-0.05, 0) is 0 Å². The van der Waals surface area contributed by atoms with E-state index in [-0.39, 0.29) is 25.6 Å². The van der Waals surface area contributed by atoms with E-state index in [1.54, 1.807) is 0 Å². The molecule has 0 saturated carbocycles. The van der Waals surface area contributed by atoms with Gasteiger partial charge in [0.25, 0.3) is 0 Å². The predicted octanol–water partition coefficient (Wildman–Crippen LogP) is 3.38. The molecule has 0 fully saturated rings. The van der Waals surface area contributed by atoms with E-state index in [0.717, 1.165) is 30.3 Å². The number of halogens is 5. The molecule has 2 aromatic carbocycles. The van der Waals surface area contributed by atoms with Crippen LogP contribution in [-0.2, 0) is 0 Å². The van der Waals surface area contributed by atoms with Crippen LogP contribution in [0.15, 0.2) is 36.4 Å². The standard InChI is InChI=1S/C8H8F2O2.C6H4F2O.C2H5BrO/c9-6-3-7(10)5-8(4-6)12-2-1-11;7-4-1-5(8)3-6(9)2-4;3-1-2-4/h3-5,11H,1-2H2;1-3,9H;4H,1-2H2. The number of benzene rings is 2. The molecule has 0 aliphatic carbocycles. The summed E-state index contributed by atoms with van der Waals surface area (Å²) in [6.07, 6.45) is 0. The highest BCUT2D eigenvalue weighted by molar-refractivity contribution is 9.09. The molecule has 0 unspecified atom stereocenters. The molecule has 0 aliphatic rings. The number of hydrogen-bond acceptors (Lipinski definition) is 4. The summed E-state index contributed by atoms with van der Waals surface area (Å²) in [5.74, 6) is -3.24. The largest absolute Gasteiger partial charge is 0.508 e. The van der Waals surface area contributed by atoms with Crippen LogP contribution in [0, 0.1) is 23.3 Å². The molecule has 2 aromatic rings. The van der Waals surface area contributed by atoms with Crippen molar-refractivity contribution in [1.29, 1.82) is 0 Å². The molecule has 140 valence electrons. The topological polar surface area (TPSA) is 69.9 Å². The van der Waals surface area contributed by atoms with Crippen molar-refractivity contribution in [2.45, 2.75) is 0 Å². The second-order valence-corrected chi connectivity index (χ2v) is 5.01. The Labute approximate surface area is 150 Å². The van der Waals surface area contributed by atoms with Gasteiger partial charge in [-0.3, -0.25) is 0 Å². The fourth-order valence-electron chi connectivity index (χ4n) is 1.31. The van der Waals surface area contributed by atoms with Crippen LogP contribution in [0.1, 0.15) is 0 Å². The zero-order chi connectivity index (χ0) is 19.2. The fraction of sp³-hybridized carbons (Fsp3) is 0.250. The number of alkyl halides is 1. The van der Waals surface area contributed by atoms with Crippen LogP contribution in [0.4, 0.5) is 17.6 Å². The number of hydrogen-bond donors (Lipinski definition) is 3. The predicted molar refractivity (Wildman–Crippen MR) is 87.8 cm³/mol. The van der Waals surface area contributed by atoms with Gasteiger partial charge in [0.15, 0.2) is 0 Å². The highest BCUT2D eigenvalue weighted by Gasteiger charge is 2.00. The summed E-state index contributed by atoms with van der Waals surface area (Å²) < 4.78 is 53.8. The van der Waals surface area contributed by atoms with Crippen LogP contribution >= 0.6 is 15.9 Å². The van der Waals surface area contributed by atoms with Crippen LogP contribution in [0.3, 0.4) is 0 Å². The number of rotatable bonds is 4. The lowest BCUT2D eigenvalue weighted by atomic mass is 10.3. The van der Waals surface area contributed by atoms with Crippen LogP contribution in [0.2, 0.25) is 0 Å². The van der Waals surface area contributed by atoms with Crippen LogP contribution in [0.25, 0.3) is 0 Å². The summed E-state index contributed by atoms with van der Waals surface area (Å²) in [7, 11) is 0. The van der Waals surface area contributed by atoms with E-state index in [1.165, 1.54) is 0 Å². The minimum atomic E-state index is -0.771. The van der Waals surface area contributed by atoms with Crippen LogP contribution in [-0.4, -0.2) is 40.5 Å². The van der Waals surface area contributed by atoms with Gasteiger partial charge in [0, 0.05) is 41.7 Å². The SMILES string of the molecule is OCCBr.OCCOc1cc(F)cc(F)c1.Oc1cc(F)cc(F)c1. The minimum Gasteiger partial charge on any atom is -0.508 e. The molecule has 25 heavy (non-hydrogen) atoms. The van der Waals surface area contributed by atoms with E-state index in [2.05, 4.69) is 15.9 Å². The number of ether oxygens (including phenoxy) is 1. The zero-order valence-corrected chi connectivity index (χ0v) is 14.5. The van der Waals surface area contributed by atoms with Gasteiger partial charge in [-0.15, -0.1) is 0 Å². The number of aromatic hydroxyl groups is 1. The van der Waals surface area contributed by atoms with Crippen LogP contribution in [0.5, 0.6) is 11.5 Å². The Balaban J connectivity index is 0.000000391. The maximum Gasteiger partial charge on any atom is 0.129 e. The van der Waals surface area contributed by atoms with E-state index >= 15 is 0 Å². The van der Waals surface area contributed by atoms with Gasteiger partial charge < -0.3 is 20.1 Å². The highest BCUT2D eigenvalue weighted by Crippen LogP contribution is 2.15. The molecule has 0 radical (unpaired) electrons. The third-order valence-corrected chi connectivity index (χ3v) is 2.48. The van der Waals surface area contributed by atoms with Gasteiger partial charge in [-0.25, -0.2) is 17.6 Å². The first-order valence-corrected chi connectivity index (χ1v) is 7.96. The Morgan fingerprint density at radius 1 is 0.760 bits per heavy atom. The van der Waals surface area contributed by atoms with E-state index in [0.29, 0.717) is 11.4 Å². The molecular formula is C16H17BrF4O4. The molecule has 0 amide bonds. The third kappa shape index (κ3) is 12.2. The lowest BCUT2D eigenvalue weighted by molar-refractivity contribution is 0.200. The molecule has 0 aliphatic heterocycles. The average Bonchev–Trinajstić information content (AvgIpc) is 2.51. The van der Waals surface area contributed by atoms with Gasteiger partial charge in [-0.1, -0.05) is 15.9 Å². The Hall–Kier alpha value is -1.84. The van der Waals surface area contributed by atoms with E-state index in [1.807, 2.05) is 0 Å². The van der Waals surface area contributed by atoms with Gasteiger partial charge in [-0.2, -0.15) is 0 Å². The zero-order valence-electron chi connectivity index (χ0n) is 12.9. The molecule has 9 heteroatoms. The first kappa shape index (κ1) is 23.2. The van der Waals surface area contributed by atoms with Crippen molar-refractivity contribution in [3.8, 4) is 11.5 Å². The molecule has 0 bridgehead atoms. The van der Waals surface area contributed by atoms with Gasteiger partial charge in [0.1, 0.15) is 41.4 Å².